The second-order valence-electron chi connectivity index (χ2n) is 6.93. The fourth-order valence-electron chi connectivity index (χ4n) is 3.39. The first kappa shape index (κ1) is 20.7. The average molecular weight is 458 g/mol. The van der Waals surface area contributed by atoms with Gasteiger partial charge in [0.15, 0.2) is 5.69 Å². The number of aryl methyl sites for hydroxylation is 1. The van der Waals surface area contributed by atoms with Gasteiger partial charge >= 0.3 is 6.18 Å². The molecule has 4 rings (SSSR count). The molecule has 1 aliphatic rings. The van der Waals surface area contributed by atoms with Gasteiger partial charge in [0.25, 0.3) is 0 Å². The third kappa shape index (κ3) is 3.79. The molecule has 0 radical (unpaired) electrons. The number of aromatic nitrogens is 4. The topological polar surface area (TPSA) is 56.0 Å². The van der Waals surface area contributed by atoms with Crippen LogP contribution in [0.2, 0.25) is 10.0 Å². The van der Waals surface area contributed by atoms with Crippen LogP contribution in [0.25, 0.3) is 5.69 Å². The van der Waals surface area contributed by atoms with Crippen LogP contribution in [0, 0.1) is 6.92 Å². The summed E-state index contributed by atoms with van der Waals surface area (Å²) in [4.78, 5) is 14.5. The monoisotopic (exact) mass is 457 g/mol. The third-order valence-electron chi connectivity index (χ3n) is 4.93. The van der Waals surface area contributed by atoms with Crippen molar-refractivity contribution in [1.29, 1.82) is 0 Å². The summed E-state index contributed by atoms with van der Waals surface area (Å²) in [5, 5.41) is 8.16. The van der Waals surface area contributed by atoms with E-state index in [1.54, 1.807) is 35.1 Å². The molecule has 0 N–H and O–H groups in total. The first-order valence-corrected chi connectivity index (χ1v) is 9.85. The third-order valence-corrected chi connectivity index (χ3v) is 5.64. The Hall–Kier alpha value is -2.52. The number of halogens is 5. The summed E-state index contributed by atoms with van der Waals surface area (Å²) in [6.45, 7) is 1.49. The van der Waals surface area contributed by atoms with Gasteiger partial charge in [0.2, 0.25) is 5.91 Å². The number of carbonyl (C=O) groups is 1. The molecule has 2 aromatic heterocycles. The van der Waals surface area contributed by atoms with Gasteiger partial charge in [-0.15, -0.1) is 0 Å². The van der Waals surface area contributed by atoms with Crippen LogP contribution in [0.4, 0.5) is 18.9 Å². The second kappa shape index (κ2) is 7.63. The van der Waals surface area contributed by atoms with Gasteiger partial charge in [-0.05, 0) is 44.0 Å². The van der Waals surface area contributed by atoms with Gasteiger partial charge in [-0.25, -0.2) is 4.68 Å². The van der Waals surface area contributed by atoms with Crippen LogP contribution < -0.4 is 4.90 Å². The standard InChI is InChI=1S/C19H16Cl2F3N5O/c1-11-17(21)18(19(22,23)24)26-28(11)10-16(30)27-8-2-3-14-15(27)9-29(25-14)13-6-4-12(20)5-7-13/h4-7,9H,2-3,8,10H2,1H3. The molecule has 0 saturated carbocycles. The van der Waals surface area contributed by atoms with E-state index in [-0.39, 0.29) is 18.1 Å². The Morgan fingerprint density at radius 1 is 1.17 bits per heavy atom. The lowest BCUT2D eigenvalue weighted by Gasteiger charge is -2.26. The molecule has 3 aromatic rings. The zero-order valence-corrected chi connectivity index (χ0v) is 17.3. The number of anilines is 1. The molecule has 1 aromatic carbocycles. The number of nitrogens with zero attached hydrogens (tertiary/aromatic N) is 5. The minimum absolute atomic E-state index is 0.0893. The lowest BCUT2D eigenvalue weighted by atomic mass is 10.1. The van der Waals surface area contributed by atoms with Crippen LogP contribution in [-0.4, -0.2) is 32.0 Å². The number of rotatable bonds is 3. The molecule has 158 valence electrons. The summed E-state index contributed by atoms with van der Waals surface area (Å²) in [6.07, 6.45) is -1.55. The lowest BCUT2D eigenvalue weighted by molar-refractivity contribution is -0.141. The van der Waals surface area contributed by atoms with Gasteiger partial charge in [0, 0.05) is 11.6 Å². The molecule has 0 bridgehead atoms. The minimum atomic E-state index is -4.69. The highest BCUT2D eigenvalue weighted by Gasteiger charge is 2.38. The van der Waals surface area contributed by atoms with Crippen LogP contribution in [0.1, 0.15) is 23.5 Å². The Morgan fingerprint density at radius 3 is 2.50 bits per heavy atom. The van der Waals surface area contributed by atoms with Gasteiger partial charge in [-0.3, -0.25) is 9.48 Å². The maximum atomic E-state index is 13.0. The van der Waals surface area contributed by atoms with Crippen LogP contribution in [-0.2, 0) is 23.9 Å². The van der Waals surface area contributed by atoms with Gasteiger partial charge in [0.1, 0.15) is 6.54 Å². The van der Waals surface area contributed by atoms with Crippen molar-refractivity contribution in [3.63, 3.8) is 0 Å². The van der Waals surface area contributed by atoms with Crippen LogP contribution in [0.5, 0.6) is 0 Å². The Kier molecular flexibility index (Phi) is 5.27. The highest BCUT2D eigenvalue weighted by molar-refractivity contribution is 6.32. The summed E-state index contributed by atoms with van der Waals surface area (Å²) in [5.41, 5.74) is 1.06. The number of hydrogen-bond acceptors (Lipinski definition) is 3. The molecule has 0 fully saturated rings. The van der Waals surface area contributed by atoms with E-state index in [1.165, 1.54) is 11.8 Å². The van der Waals surface area contributed by atoms with Gasteiger partial charge in [-0.2, -0.15) is 23.4 Å². The summed E-state index contributed by atoms with van der Waals surface area (Å²) in [5.74, 6) is -0.386. The van der Waals surface area contributed by atoms with Gasteiger partial charge < -0.3 is 4.90 Å². The quantitative estimate of drug-likeness (QED) is 0.573. The Morgan fingerprint density at radius 2 is 1.87 bits per heavy atom. The molecule has 30 heavy (non-hydrogen) atoms. The first-order chi connectivity index (χ1) is 14.1. The molecule has 0 spiro atoms. The normalized spacial score (nSPS) is 14.1. The zero-order valence-electron chi connectivity index (χ0n) is 15.7. The maximum Gasteiger partial charge on any atom is 0.436 e. The SMILES string of the molecule is Cc1c(Cl)c(C(F)(F)F)nn1CC(=O)N1CCCc2nn(-c3ccc(Cl)cc3)cc21. The molecule has 0 unspecified atom stereocenters. The van der Waals surface area contributed by atoms with Crippen LogP contribution in [0.3, 0.4) is 0 Å². The predicted molar refractivity (Wildman–Crippen MR) is 106 cm³/mol. The molecular weight excluding hydrogens is 442 g/mol. The van der Waals surface area contributed by atoms with E-state index in [2.05, 4.69) is 10.2 Å². The van der Waals surface area contributed by atoms with Crippen molar-refractivity contribution in [1.82, 2.24) is 19.6 Å². The van der Waals surface area contributed by atoms with E-state index in [0.29, 0.717) is 30.1 Å². The molecule has 11 heteroatoms. The molecule has 3 heterocycles. The fourth-order valence-corrected chi connectivity index (χ4v) is 3.76. The van der Waals surface area contributed by atoms with Gasteiger partial charge in [0.05, 0.1) is 34.0 Å². The number of benzene rings is 1. The number of alkyl halides is 3. The highest BCUT2D eigenvalue weighted by Crippen LogP contribution is 2.35. The molecule has 6 nitrogen and oxygen atoms in total. The molecule has 1 aliphatic heterocycles. The summed E-state index contributed by atoms with van der Waals surface area (Å²) in [6, 6.07) is 7.09. The molecule has 1 amide bonds. The van der Waals surface area contributed by atoms with E-state index in [9.17, 15) is 18.0 Å². The number of fused-ring (bicyclic) bond motifs is 1. The van der Waals surface area contributed by atoms with Crippen molar-refractivity contribution in [2.45, 2.75) is 32.5 Å². The number of carbonyl (C=O) groups excluding carboxylic acids is 1. The number of hydrogen-bond donors (Lipinski definition) is 0. The van der Waals surface area contributed by atoms with E-state index >= 15 is 0 Å². The Balaban J connectivity index is 1.61. The zero-order chi connectivity index (χ0) is 21.6. The molecule has 0 aliphatic carbocycles. The molecule has 0 saturated heterocycles. The fraction of sp³-hybridized carbons (Fsp3) is 0.316. The van der Waals surface area contributed by atoms with Crippen molar-refractivity contribution < 1.29 is 18.0 Å². The van der Waals surface area contributed by atoms with Crippen LogP contribution in [0.15, 0.2) is 30.5 Å². The van der Waals surface area contributed by atoms with Crippen molar-refractivity contribution in [2.24, 2.45) is 0 Å². The van der Waals surface area contributed by atoms with Crippen molar-refractivity contribution in [2.75, 3.05) is 11.4 Å². The van der Waals surface area contributed by atoms with Gasteiger partial charge in [-0.1, -0.05) is 23.2 Å². The molecule has 0 atom stereocenters. The van der Waals surface area contributed by atoms with E-state index < -0.39 is 16.9 Å². The second-order valence-corrected chi connectivity index (χ2v) is 7.75. The largest absolute Gasteiger partial charge is 0.436 e. The van der Waals surface area contributed by atoms with Crippen LogP contribution >= 0.6 is 23.2 Å². The summed E-state index contributed by atoms with van der Waals surface area (Å²) >= 11 is 11.7. The average Bonchev–Trinajstić information content (AvgIpc) is 3.24. The first-order valence-electron chi connectivity index (χ1n) is 9.10. The van der Waals surface area contributed by atoms with Crippen molar-refractivity contribution in [3.05, 3.63) is 57.6 Å². The Bertz CT molecular complexity index is 1100. The smallest absolute Gasteiger partial charge is 0.308 e. The number of amides is 1. The van der Waals surface area contributed by atoms with Crippen molar-refractivity contribution >= 4 is 34.8 Å². The van der Waals surface area contributed by atoms with E-state index in [0.717, 1.165) is 16.1 Å². The van der Waals surface area contributed by atoms with E-state index in [1.807, 2.05) is 0 Å². The van der Waals surface area contributed by atoms with Crippen molar-refractivity contribution in [3.8, 4) is 5.69 Å². The molecular formula is C19H16Cl2F3N5O. The Labute approximate surface area is 179 Å². The lowest BCUT2D eigenvalue weighted by Crippen LogP contribution is -2.37. The highest BCUT2D eigenvalue weighted by atomic mass is 35.5. The minimum Gasteiger partial charge on any atom is -0.308 e. The van der Waals surface area contributed by atoms with E-state index in [4.69, 9.17) is 23.2 Å². The maximum absolute atomic E-state index is 13.0. The summed E-state index contributed by atoms with van der Waals surface area (Å²) in [7, 11) is 0. The summed E-state index contributed by atoms with van der Waals surface area (Å²) < 4.78 is 41.8. The predicted octanol–water partition coefficient (Wildman–Crippen LogP) is 4.68.